The number of amides is 3. The van der Waals surface area contributed by atoms with Crippen LogP contribution in [0.4, 0.5) is 9.59 Å². The molecule has 0 radical (unpaired) electrons. The first-order valence-electron chi connectivity index (χ1n) is 13.8. The lowest BCUT2D eigenvalue weighted by molar-refractivity contribution is -0.146. The summed E-state index contributed by atoms with van der Waals surface area (Å²) >= 11 is 0. The molecular weight excluding hydrogens is 502 g/mol. The number of rotatable bonds is 8. The van der Waals surface area contributed by atoms with Gasteiger partial charge in [-0.05, 0) is 70.6 Å². The van der Waals surface area contributed by atoms with Gasteiger partial charge in [-0.3, -0.25) is 4.79 Å². The van der Waals surface area contributed by atoms with Gasteiger partial charge >= 0.3 is 12.2 Å². The van der Waals surface area contributed by atoms with Crippen LogP contribution in [0.3, 0.4) is 0 Å². The number of carboxylic acid groups (broad SMARTS) is 1. The Hall–Kier alpha value is -3.01. The first-order valence-corrected chi connectivity index (χ1v) is 13.8. The minimum atomic E-state index is -0.988. The van der Waals surface area contributed by atoms with Crippen LogP contribution < -0.4 is 10.1 Å². The van der Waals surface area contributed by atoms with E-state index in [1.165, 1.54) is 4.90 Å². The number of carbonyl (C=O) groups excluding carboxylic acids is 2. The van der Waals surface area contributed by atoms with Crippen LogP contribution in [0, 0.1) is 5.41 Å². The number of carbonyl (C=O) groups is 3. The van der Waals surface area contributed by atoms with E-state index in [2.05, 4.69) is 5.32 Å². The summed E-state index contributed by atoms with van der Waals surface area (Å²) < 4.78 is 16.3. The van der Waals surface area contributed by atoms with Crippen LogP contribution in [0.5, 0.6) is 5.75 Å². The van der Waals surface area contributed by atoms with Crippen LogP contribution in [0.2, 0.25) is 0 Å². The number of morpholine rings is 1. The smallest absolute Gasteiger partial charge is 0.407 e. The average molecular weight is 548 g/mol. The Morgan fingerprint density at radius 3 is 2.28 bits per heavy atom. The predicted octanol–water partition coefficient (Wildman–Crippen LogP) is 4.65. The van der Waals surface area contributed by atoms with Crippen molar-refractivity contribution in [3.63, 3.8) is 0 Å². The van der Waals surface area contributed by atoms with E-state index in [-0.39, 0.29) is 30.6 Å². The zero-order valence-electron chi connectivity index (χ0n) is 24.2. The van der Waals surface area contributed by atoms with Gasteiger partial charge in [0.1, 0.15) is 11.4 Å². The van der Waals surface area contributed by atoms with Gasteiger partial charge in [0, 0.05) is 30.6 Å². The number of nitrogens with zero attached hydrogens (tertiary/aromatic N) is 2. The third-order valence-corrected chi connectivity index (χ3v) is 7.43. The summed E-state index contributed by atoms with van der Waals surface area (Å²) in [6.07, 6.45) is 1.92. The number of nitrogens with one attached hydrogen (secondary N) is 1. The summed E-state index contributed by atoms with van der Waals surface area (Å²) in [7, 11) is 1.62. The monoisotopic (exact) mass is 547 g/mol. The lowest BCUT2D eigenvalue weighted by atomic mass is 9.81. The molecule has 39 heavy (non-hydrogen) atoms. The molecular formula is C29H45N3O7. The van der Waals surface area contributed by atoms with E-state index in [0.29, 0.717) is 26.1 Å². The normalized spacial score (nSPS) is 22.1. The highest BCUT2D eigenvalue weighted by Crippen LogP contribution is 2.34. The fourth-order valence-electron chi connectivity index (χ4n) is 5.44. The Bertz CT molecular complexity index is 982. The molecule has 1 saturated heterocycles. The molecule has 1 atom stereocenters. The first kappa shape index (κ1) is 30.5. The molecule has 1 aromatic carbocycles. The van der Waals surface area contributed by atoms with E-state index in [0.717, 1.165) is 37.0 Å². The summed E-state index contributed by atoms with van der Waals surface area (Å²) in [6, 6.07) is 7.29. The number of hydrogen-bond donors (Lipinski definition) is 2. The highest BCUT2D eigenvalue weighted by molar-refractivity contribution is 5.82. The standard InChI is InChI=1S/C29H45N3O7/c1-28(2,3)39-26(34)30-21-9-11-22(12-10-21)32(18-20-7-13-24(37-6)14-8-20)25(33)29(4,5)17-23-19-38-16-15-31(23)27(35)36/h7-8,13-14,21-23H,9-12,15-19H2,1-6H3,(H,30,34)(H,35,36). The van der Waals surface area contributed by atoms with Gasteiger partial charge in [0.2, 0.25) is 5.91 Å². The van der Waals surface area contributed by atoms with Crippen molar-refractivity contribution in [2.24, 2.45) is 5.41 Å². The van der Waals surface area contributed by atoms with Gasteiger partial charge < -0.3 is 34.4 Å². The van der Waals surface area contributed by atoms with Gasteiger partial charge in [-0.2, -0.15) is 0 Å². The minimum Gasteiger partial charge on any atom is -0.497 e. The van der Waals surface area contributed by atoms with Crippen molar-refractivity contribution in [2.45, 2.75) is 97.0 Å². The third-order valence-electron chi connectivity index (χ3n) is 7.43. The molecule has 1 aliphatic heterocycles. The lowest BCUT2D eigenvalue weighted by Crippen LogP contribution is -2.54. The van der Waals surface area contributed by atoms with Crippen LogP contribution in [0.25, 0.3) is 0 Å². The second-order valence-electron chi connectivity index (χ2n) is 12.2. The van der Waals surface area contributed by atoms with Crippen LogP contribution >= 0.6 is 0 Å². The summed E-state index contributed by atoms with van der Waals surface area (Å²) in [4.78, 5) is 41.6. The number of ether oxygens (including phenoxy) is 3. The van der Waals surface area contributed by atoms with Gasteiger partial charge in [0.05, 0.1) is 26.4 Å². The minimum absolute atomic E-state index is 0.00579. The first-order chi connectivity index (χ1) is 18.3. The van der Waals surface area contributed by atoms with Crippen molar-refractivity contribution in [1.82, 2.24) is 15.1 Å². The van der Waals surface area contributed by atoms with Crippen molar-refractivity contribution >= 4 is 18.1 Å². The quantitative estimate of drug-likeness (QED) is 0.486. The molecule has 2 fully saturated rings. The van der Waals surface area contributed by atoms with E-state index in [1.54, 1.807) is 7.11 Å². The predicted molar refractivity (Wildman–Crippen MR) is 147 cm³/mol. The molecule has 1 saturated carbocycles. The van der Waals surface area contributed by atoms with Gasteiger partial charge in [0.25, 0.3) is 0 Å². The molecule has 2 aliphatic rings. The molecule has 0 bridgehead atoms. The Morgan fingerprint density at radius 1 is 1.08 bits per heavy atom. The molecule has 1 aliphatic carbocycles. The lowest BCUT2D eigenvalue weighted by Gasteiger charge is -2.43. The topological polar surface area (TPSA) is 118 Å². The number of hydrogen-bond acceptors (Lipinski definition) is 6. The van der Waals surface area contributed by atoms with Crippen molar-refractivity contribution < 1.29 is 33.7 Å². The average Bonchev–Trinajstić information content (AvgIpc) is 2.86. The maximum absolute atomic E-state index is 14.2. The van der Waals surface area contributed by atoms with E-state index in [1.807, 2.05) is 63.8 Å². The van der Waals surface area contributed by atoms with E-state index < -0.39 is 23.2 Å². The van der Waals surface area contributed by atoms with Crippen LogP contribution in [-0.4, -0.2) is 83.6 Å². The molecule has 1 aromatic rings. The Kier molecular flexibility index (Phi) is 10.1. The van der Waals surface area contributed by atoms with Gasteiger partial charge in [-0.1, -0.05) is 26.0 Å². The van der Waals surface area contributed by atoms with Crippen molar-refractivity contribution in [3.05, 3.63) is 29.8 Å². The molecule has 0 spiro atoms. The third kappa shape index (κ3) is 8.74. The highest BCUT2D eigenvalue weighted by atomic mass is 16.6. The largest absolute Gasteiger partial charge is 0.497 e. The second kappa shape index (κ2) is 12.9. The van der Waals surface area contributed by atoms with Crippen molar-refractivity contribution in [1.29, 1.82) is 0 Å². The molecule has 10 heteroatoms. The number of benzene rings is 1. The molecule has 1 unspecified atom stereocenters. The molecule has 0 aromatic heterocycles. The molecule has 1 heterocycles. The Balaban J connectivity index is 1.74. The summed E-state index contributed by atoms with van der Waals surface area (Å²) in [5, 5.41) is 12.6. The zero-order valence-corrected chi connectivity index (χ0v) is 24.2. The fourth-order valence-corrected chi connectivity index (χ4v) is 5.44. The summed E-state index contributed by atoms with van der Waals surface area (Å²) in [5.74, 6) is 0.731. The van der Waals surface area contributed by atoms with Crippen LogP contribution in [0.1, 0.15) is 72.3 Å². The van der Waals surface area contributed by atoms with E-state index >= 15 is 0 Å². The summed E-state index contributed by atoms with van der Waals surface area (Å²) in [5.41, 5.74) is -0.382. The Morgan fingerprint density at radius 2 is 1.72 bits per heavy atom. The van der Waals surface area contributed by atoms with Crippen LogP contribution in [-0.2, 0) is 20.8 Å². The number of methoxy groups -OCH3 is 1. The molecule has 218 valence electrons. The zero-order chi connectivity index (χ0) is 28.8. The van der Waals surface area contributed by atoms with Gasteiger partial charge in [-0.25, -0.2) is 9.59 Å². The second-order valence-corrected chi connectivity index (χ2v) is 12.2. The van der Waals surface area contributed by atoms with Crippen molar-refractivity contribution in [3.8, 4) is 5.75 Å². The van der Waals surface area contributed by atoms with Gasteiger partial charge in [-0.15, -0.1) is 0 Å². The maximum atomic E-state index is 14.2. The van der Waals surface area contributed by atoms with E-state index in [4.69, 9.17) is 14.2 Å². The fraction of sp³-hybridized carbons (Fsp3) is 0.690. The highest BCUT2D eigenvalue weighted by Gasteiger charge is 2.41. The molecule has 10 nitrogen and oxygen atoms in total. The van der Waals surface area contributed by atoms with Crippen LogP contribution in [0.15, 0.2) is 24.3 Å². The van der Waals surface area contributed by atoms with E-state index in [9.17, 15) is 19.5 Å². The van der Waals surface area contributed by atoms with Gasteiger partial charge in [0.15, 0.2) is 0 Å². The number of alkyl carbamates (subject to hydrolysis) is 1. The van der Waals surface area contributed by atoms with Crippen molar-refractivity contribution in [2.75, 3.05) is 26.9 Å². The molecule has 3 amide bonds. The maximum Gasteiger partial charge on any atom is 0.407 e. The Labute approximate surface area is 232 Å². The summed E-state index contributed by atoms with van der Waals surface area (Å²) in [6.45, 7) is 10.7. The molecule has 3 rings (SSSR count). The SMILES string of the molecule is COc1ccc(CN(C(=O)C(C)(C)CC2COCCN2C(=O)O)C2CCC(NC(=O)OC(C)(C)C)CC2)cc1. The molecule has 2 N–H and O–H groups in total.